The summed E-state index contributed by atoms with van der Waals surface area (Å²) in [5.41, 5.74) is 1.29. The minimum absolute atomic E-state index is 0.0829. The Bertz CT molecular complexity index is 316. The first kappa shape index (κ1) is 8.30. The van der Waals surface area contributed by atoms with E-state index in [1.165, 1.54) is 37.8 Å². The highest BCUT2D eigenvalue weighted by Gasteiger charge is 2.55. The summed E-state index contributed by atoms with van der Waals surface area (Å²) < 4.78 is 0. The van der Waals surface area contributed by atoms with Crippen LogP contribution in [0.15, 0.2) is 30.3 Å². The Kier molecular flexibility index (Phi) is 1.77. The lowest BCUT2D eigenvalue weighted by Gasteiger charge is -2.17. The Morgan fingerprint density at radius 1 is 1.00 bits per heavy atom. The van der Waals surface area contributed by atoms with E-state index in [1.807, 2.05) is 6.07 Å². The van der Waals surface area contributed by atoms with Gasteiger partial charge in [0.2, 0.25) is 0 Å². The van der Waals surface area contributed by atoms with Gasteiger partial charge in [0.05, 0.1) is 5.69 Å². The maximum Gasteiger partial charge on any atom is 0.191 e. The van der Waals surface area contributed by atoms with E-state index in [2.05, 4.69) is 29.3 Å². The summed E-state index contributed by atoms with van der Waals surface area (Å²) in [6.07, 6.45) is 6.38. The molecule has 2 fully saturated rings. The fourth-order valence-electron chi connectivity index (χ4n) is 2.40. The normalized spacial score (nSPS) is 23.9. The Balaban J connectivity index is 1.78. The molecule has 0 N–H and O–H groups in total. The van der Waals surface area contributed by atoms with Crippen molar-refractivity contribution in [3.63, 3.8) is 0 Å². The van der Waals surface area contributed by atoms with Crippen LogP contribution in [-0.2, 0) is 4.84 Å². The highest BCUT2D eigenvalue weighted by Crippen LogP contribution is 2.49. The quantitative estimate of drug-likeness (QED) is 0.631. The first-order chi connectivity index (χ1) is 6.91. The first-order valence-electron chi connectivity index (χ1n) is 5.45. The Hall–Kier alpha value is -1.02. The van der Waals surface area contributed by atoms with Crippen LogP contribution in [0.2, 0.25) is 0 Å². The van der Waals surface area contributed by atoms with E-state index in [9.17, 15) is 0 Å². The van der Waals surface area contributed by atoms with E-state index < -0.39 is 0 Å². The van der Waals surface area contributed by atoms with Gasteiger partial charge in [0.15, 0.2) is 5.72 Å². The van der Waals surface area contributed by atoms with E-state index in [1.54, 1.807) is 0 Å². The molecule has 2 heteroatoms. The van der Waals surface area contributed by atoms with E-state index in [-0.39, 0.29) is 5.72 Å². The van der Waals surface area contributed by atoms with Gasteiger partial charge in [-0.3, -0.25) is 0 Å². The number of hydrogen-bond donors (Lipinski definition) is 0. The van der Waals surface area contributed by atoms with Crippen LogP contribution in [0.3, 0.4) is 0 Å². The molecule has 3 rings (SSSR count). The molecule has 1 saturated heterocycles. The number of para-hydroxylation sites is 1. The minimum atomic E-state index is 0.0829. The Morgan fingerprint density at radius 2 is 1.71 bits per heavy atom. The number of benzene rings is 1. The Labute approximate surface area is 84.4 Å². The van der Waals surface area contributed by atoms with Gasteiger partial charge in [-0.05, 0) is 37.8 Å². The monoisotopic (exact) mass is 189 g/mol. The molecule has 1 saturated carbocycles. The number of anilines is 1. The van der Waals surface area contributed by atoms with E-state index >= 15 is 0 Å². The lowest BCUT2D eigenvalue weighted by Crippen LogP contribution is -2.21. The van der Waals surface area contributed by atoms with Gasteiger partial charge in [-0.2, -0.15) is 0 Å². The second kappa shape index (κ2) is 2.99. The fourth-order valence-corrected chi connectivity index (χ4v) is 2.40. The maximum atomic E-state index is 5.76. The average molecular weight is 189 g/mol. The zero-order valence-corrected chi connectivity index (χ0v) is 8.28. The molecule has 1 spiro atoms. The molecule has 0 atom stereocenters. The highest BCUT2D eigenvalue weighted by atomic mass is 16.9. The molecule has 1 heterocycles. The predicted molar refractivity (Wildman–Crippen MR) is 55.8 cm³/mol. The van der Waals surface area contributed by atoms with Crippen molar-refractivity contribution in [1.82, 2.24) is 0 Å². The van der Waals surface area contributed by atoms with Crippen LogP contribution in [0.4, 0.5) is 5.69 Å². The molecule has 2 aliphatic rings. The first-order valence-corrected chi connectivity index (χ1v) is 5.45. The van der Waals surface area contributed by atoms with Crippen molar-refractivity contribution < 1.29 is 4.84 Å². The molecule has 0 bridgehead atoms. The summed E-state index contributed by atoms with van der Waals surface area (Å²) >= 11 is 0. The van der Waals surface area contributed by atoms with Crippen LogP contribution in [0.1, 0.15) is 32.1 Å². The largest absolute Gasteiger partial charge is 0.240 e. The summed E-state index contributed by atoms with van der Waals surface area (Å²) in [6.45, 7) is 0. The lowest BCUT2D eigenvalue weighted by molar-refractivity contribution is 0.236. The zero-order valence-electron chi connectivity index (χ0n) is 8.28. The lowest BCUT2D eigenvalue weighted by atomic mass is 9.93. The average Bonchev–Trinajstić information content (AvgIpc) is 2.95. The van der Waals surface area contributed by atoms with Gasteiger partial charge >= 0.3 is 0 Å². The van der Waals surface area contributed by atoms with Gasteiger partial charge in [0.25, 0.3) is 0 Å². The van der Waals surface area contributed by atoms with Crippen LogP contribution in [-0.4, -0.2) is 5.72 Å². The van der Waals surface area contributed by atoms with Gasteiger partial charge in [0.1, 0.15) is 0 Å². The van der Waals surface area contributed by atoms with Crippen LogP contribution >= 0.6 is 0 Å². The molecule has 1 aromatic rings. The maximum absolute atomic E-state index is 5.76. The van der Waals surface area contributed by atoms with Gasteiger partial charge in [-0.1, -0.05) is 24.6 Å². The van der Waals surface area contributed by atoms with Crippen LogP contribution in [0.5, 0.6) is 0 Å². The third-order valence-electron chi connectivity index (χ3n) is 3.22. The number of rotatable bonds is 1. The van der Waals surface area contributed by atoms with Crippen LogP contribution in [0, 0.1) is 0 Å². The molecule has 0 radical (unpaired) electrons. The van der Waals surface area contributed by atoms with Crippen LogP contribution < -0.4 is 5.06 Å². The van der Waals surface area contributed by atoms with Crippen LogP contribution in [0.25, 0.3) is 0 Å². The number of nitrogens with zero attached hydrogens (tertiary/aromatic N) is 1. The smallest absolute Gasteiger partial charge is 0.191 e. The molecule has 1 aliphatic carbocycles. The van der Waals surface area contributed by atoms with Crippen molar-refractivity contribution in [1.29, 1.82) is 0 Å². The SMILES string of the molecule is c1ccc(N2OC23CCCCC3)cc1. The summed E-state index contributed by atoms with van der Waals surface area (Å²) in [5.74, 6) is 0. The van der Waals surface area contributed by atoms with Crippen molar-refractivity contribution in [3.8, 4) is 0 Å². The van der Waals surface area contributed by atoms with Gasteiger partial charge in [0, 0.05) is 0 Å². The van der Waals surface area contributed by atoms with Gasteiger partial charge < -0.3 is 0 Å². The van der Waals surface area contributed by atoms with E-state index in [4.69, 9.17) is 4.84 Å². The van der Waals surface area contributed by atoms with Crippen molar-refractivity contribution in [2.45, 2.75) is 37.8 Å². The summed E-state index contributed by atoms with van der Waals surface area (Å²) in [7, 11) is 0. The van der Waals surface area contributed by atoms with Gasteiger partial charge in [-0.15, -0.1) is 0 Å². The van der Waals surface area contributed by atoms with Gasteiger partial charge in [-0.25, -0.2) is 9.90 Å². The molecule has 74 valence electrons. The molecule has 14 heavy (non-hydrogen) atoms. The van der Waals surface area contributed by atoms with Crippen molar-refractivity contribution in [2.24, 2.45) is 0 Å². The fraction of sp³-hybridized carbons (Fsp3) is 0.500. The Morgan fingerprint density at radius 3 is 2.43 bits per heavy atom. The molecule has 1 aromatic carbocycles. The summed E-state index contributed by atoms with van der Waals surface area (Å²) in [6, 6.07) is 10.4. The molecule has 0 amide bonds. The van der Waals surface area contributed by atoms with E-state index in [0.29, 0.717) is 0 Å². The standard InChI is InChI=1S/C12H15NO/c1-3-7-11(8-4-1)13-12(14-13)9-5-2-6-10-12/h1,3-4,7-8H,2,5-6,9-10H2. The summed E-state index contributed by atoms with van der Waals surface area (Å²) in [4.78, 5) is 5.76. The number of hydroxylamine groups is 1. The molecule has 2 nitrogen and oxygen atoms in total. The third-order valence-corrected chi connectivity index (χ3v) is 3.22. The topological polar surface area (TPSA) is 15.5 Å². The predicted octanol–water partition coefficient (Wildman–Crippen LogP) is 3.10. The van der Waals surface area contributed by atoms with Crippen molar-refractivity contribution >= 4 is 5.69 Å². The highest BCUT2D eigenvalue weighted by molar-refractivity contribution is 5.49. The molecular weight excluding hydrogens is 174 g/mol. The third kappa shape index (κ3) is 1.22. The van der Waals surface area contributed by atoms with Crippen molar-refractivity contribution in [3.05, 3.63) is 30.3 Å². The molecule has 0 unspecified atom stereocenters. The second-order valence-corrected chi connectivity index (χ2v) is 4.23. The molecule has 1 aliphatic heterocycles. The van der Waals surface area contributed by atoms with E-state index in [0.717, 1.165) is 0 Å². The number of hydrogen-bond acceptors (Lipinski definition) is 2. The zero-order chi connectivity index (χ0) is 9.43. The van der Waals surface area contributed by atoms with Crippen molar-refractivity contribution in [2.75, 3.05) is 5.06 Å². The summed E-state index contributed by atoms with van der Waals surface area (Å²) in [5, 5.41) is 2.09. The minimum Gasteiger partial charge on any atom is -0.240 e. The second-order valence-electron chi connectivity index (χ2n) is 4.23. The molecular formula is C12H15NO. The molecule has 0 aromatic heterocycles.